The van der Waals surface area contributed by atoms with Gasteiger partial charge in [-0.05, 0) is 37.1 Å². The minimum absolute atomic E-state index is 0.0880. The van der Waals surface area contributed by atoms with Crippen LogP contribution in [0.25, 0.3) is 10.8 Å². The molecule has 8 nitrogen and oxygen atoms in total. The number of methoxy groups -OCH3 is 3. The fourth-order valence-electron chi connectivity index (χ4n) is 3.15. The first-order chi connectivity index (χ1) is 16.6. The molecule has 0 saturated heterocycles. The van der Waals surface area contributed by atoms with Crippen molar-refractivity contribution in [1.29, 1.82) is 0 Å². The minimum atomic E-state index is -0.499. The van der Waals surface area contributed by atoms with Gasteiger partial charge in [0.05, 0.1) is 38.2 Å². The van der Waals surface area contributed by atoms with Crippen molar-refractivity contribution in [2.45, 2.75) is 27.7 Å². The number of hydrogen-bond donors (Lipinski definition) is 0. The monoisotopic (exact) mass is 483 g/mol. The highest BCUT2D eigenvalue weighted by Gasteiger charge is 2.18. The van der Waals surface area contributed by atoms with Gasteiger partial charge in [0.2, 0.25) is 0 Å². The Morgan fingerprint density at radius 2 is 1.37 bits per heavy atom. The van der Waals surface area contributed by atoms with Crippen molar-refractivity contribution in [2.75, 3.05) is 21.3 Å². The van der Waals surface area contributed by atoms with Crippen LogP contribution in [0.4, 0.5) is 5.69 Å². The number of nitro benzene ring substituents is 1. The molecule has 3 aromatic rings. The van der Waals surface area contributed by atoms with Crippen molar-refractivity contribution < 1.29 is 28.7 Å². The van der Waals surface area contributed by atoms with Crippen LogP contribution in [0.1, 0.15) is 25.0 Å². The molecule has 188 valence electrons. The Bertz CT molecular complexity index is 1170. The third-order valence-electron chi connectivity index (χ3n) is 4.93. The van der Waals surface area contributed by atoms with E-state index in [9.17, 15) is 14.9 Å². The molecule has 0 atom stereocenters. The zero-order chi connectivity index (χ0) is 26.7. The lowest BCUT2D eigenvalue weighted by Crippen LogP contribution is -2.15. The van der Waals surface area contributed by atoms with Gasteiger partial charge in [-0.25, -0.2) is 0 Å². The second-order valence-electron chi connectivity index (χ2n) is 7.60. The van der Waals surface area contributed by atoms with Crippen LogP contribution in [0.2, 0.25) is 0 Å². The molecular weight excluding hydrogens is 450 g/mol. The van der Waals surface area contributed by atoms with Gasteiger partial charge < -0.3 is 18.9 Å². The smallest absolute Gasteiger partial charge is 0.314 e. The van der Waals surface area contributed by atoms with Crippen LogP contribution in [-0.4, -0.2) is 32.2 Å². The molecule has 0 spiro atoms. The Labute approximate surface area is 206 Å². The Kier molecular flexibility index (Phi) is 11.2. The molecule has 0 aromatic heterocycles. The second kappa shape index (κ2) is 13.6. The molecular formula is C27H33NO7. The lowest BCUT2D eigenvalue weighted by molar-refractivity contribution is -0.385. The average Bonchev–Trinajstić information content (AvgIpc) is 2.86. The van der Waals surface area contributed by atoms with Crippen molar-refractivity contribution in [2.24, 2.45) is 5.92 Å². The van der Waals surface area contributed by atoms with Crippen LogP contribution in [0.5, 0.6) is 23.0 Å². The number of aryl methyl sites for hydroxylation is 2. The van der Waals surface area contributed by atoms with Crippen molar-refractivity contribution in [1.82, 2.24) is 0 Å². The number of esters is 1. The summed E-state index contributed by atoms with van der Waals surface area (Å²) in [5.74, 6) is 1.76. The number of ether oxygens (including phenoxy) is 4. The molecule has 0 radical (unpaired) electrons. The molecule has 35 heavy (non-hydrogen) atoms. The second-order valence-corrected chi connectivity index (χ2v) is 7.60. The standard InChI is InChI=1S/C16H18O3.C9H11NO4.C2H4/c1-10(2)16(17)19-15-11(3)9-14(18-4)12-7-5-6-8-13(12)15;1-6-4-9(14-3)7(10(11)12)5-8(6)13-2;1-2/h5-10H,1-4H3;4-5H,1-3H3;1-2H2. The molecule has 0 aliphatic heterocycles. The van der Waals surface area contributed by atoms with Crippen LogP contribution in [0, 0.1) is 29.9 Å². The van der Waals surface area contributed by atoms with E-state index in [-0.39, 0.29) is 23.3 Å². The van der Waals surface area contributed by atoms with Crippen molar-refractivity contribution in [3.63, 3.8) is 0 Å². The van der Waals surface area contributed by atoms with E-state index in [2.05, 4.69) is 13.2 Å². The van der Waals surface area contributed by atoms with Gasteiger partial charge in [-0.3, -0.25) is 14.9 Å². The molecule has 3 aromatic carbocycles. The largest absolute Gasteiger partial charge is 0.496 e. The van der Waals surface area contributed by atoms with Gasteiger partial charge in [0.25, 0.3) is 0 Å². The van der Waals surface area contributed by atoms with Gasteiger partial charge in [-0.2, -0.15) is 0 Å². The normalized spacial score (nSPS) is 9.83. The van der Waals surface area contributed by atoms with Crippen molar-refractivity contribution in [3.8, 4) is 23.0 Å². The minimum Gasteiger partial charge on any atom is -0.496 e. The van der Waals surface area contributed by atoms with E-state index in [0.29, 0.717) is 11.5 Å². The number of rotatable bonds is 6. The fraction of sp³-hybridized carbons (Fsp3) is 0.296. The van der Waals surface area contributed by atoms with Gasteiger partial charge in [0, 0.05) is 10.8 Å². The highest BCUT2D eigenvalue weighted by atomic mass is 16.6. The highest BCUT2D eigenvalue weighted by Crippen LogP contribution is 2.36. The number of carbonyl (C=O) groups is 1. The summed E-state index contributed by atoms with van der Waals surface area (Å²) >= 11 is 0. The summed E-state index contributed by atoms with van der Waals surface area (Å²) in [6, 6.07) is 12.6. The van der Waals surface area contributed by atoms with E-state index in [1.807, 2.05) is 51.1 Å². The van der Waals surface area contributed by atoms with E-state index in [0.717, 1.165) is 27.6 Å². The summed E-state index contributed by atoms with van der Waals surface area (Å²) in [6.45, 7) is 13.4. The SMILES string of the molecule is C=C.COc1cc(C)c(OC(=O)C(C)C)c2ccccc12.COc1cc([N+](=O)[O-])c(OC)cc1C. The summed E-state index contributed by atoms with van der Waals surface area (Å²) in [5, 5.41) is 12.5. The summed E-state index contributed by atoms with van der Waals surface area (Å²) in [5.41, 5.74) is 1.61. The van der Waals surface area contributed by atoms with Crippen LogP contribution < -0.4 is 18.9 Å². The van der Waals surface area contributed by atoms with Crippen molar-refractivity contribution in [3.05, 3.63) is 76.9 Å². The summed E-state index contributed by atoms with van der Waals surface area (Å²) in [6.07, 6.45) is 0. The molecule has 8 heteroatoms. The van der Waals surface area contributed by atoms with E-state index < -0.39 is 4.92 Å². The predicted octanol–water partition coefficient (Wildman–Crippen LogP) is 6.44. The Morgan fingerprint density at radius 1 is 0.857 bits per heavy atom. The van der Waals surface area contributed by atoms with E-state index >= 15 is 0 Å². The van der Waals surface area contributed by atoms with Gasteiger partial charge in [-0.1, -0.05) is 38.1 Å². The fourth-order valence-corrected chi connectivity index (χ4v) is 3.15. The molecule has 0 N–H and O–H groups in total. The summed E-state index contributed by atoms with van der Waals surface area (Å²) < 4.78 is 20.8. The topological polar surface area (TPSA) is 97.1 Å². The van der Waals surface area contributed by atoms with E-state index in [1.165, 1.54) is 20.3 Å². The molecule has 0 aliphatic carbocycles. The van der Waals surface area contributed by atoms with Crippen LogP contribution in [0.3, 0.4) is 0 Å². The van der Waals surface area contributed by atoms with Gasteiger partial charge in [-0.15, -0.1) is 13.2 Å². The average molecular weight is 484 g/mol. The van der Waals surface area contributed by atoms with Gasteiger partial charge in [0.1, 0.15) is 17.2 Å². The molecule has 0 saturated carbocycles. The third-order valence-corrected chi connectivity index (χ3v) is 4.93. The first-order valence-electron chi connectivity index (χ1n) is 10.8. The highest BCUT2D eigenvalue weighted by molar-refractivity contribution is 5.96. The van der Waals surface area contributed by atoms with Gasteiger partial charge >= 0.3 is 11.7 Å². The number of fused-ring (bicyclic) bond motifs is 1. The maximum Gasteiger partial charge on any atom is 0.314 e. The summed E-state index contributed by atoms with van der Waals surface area (Å²) in [7, 11) is 4.51. The Hall–Kier alpha value is -4.07. The lowest BCUT2D eigenvalue weighted by atomic mass is 10.0. The first-order valence-corrected chi connectivity index (χ1v) is 10.8. The zero-order valence-corrected chi connectivity index (χ0v) is 21.3. The molecule has 0 unspecified atom stereocenters. The number of nitro groups is 1. The van der Waals surface area contributed by atoms with Crippen LogP contribution in [0.15, 0.2) is 55.6 Å². The quantitative estimate of drug-likeness (QED) is 0.131. The molecule has 0 fully saturated rings. The molecule has 0 aliphatic rings. The number of nitrogens with zero attached hydrogens (tertiary/aromatic N) is 1. The lowest BCUT2D eigenvalue weighted by Gasteiger charge is -2.14. The first kappa shape index (κ1) is 29.0. The zero-order valence-electron chi connectivity index (χ0n) is 21.3. The van der Waals surface area contributed by atoms with Crippen LogP contribution >= 0.6 is 0 Å². The van der Waals surface area contributed by atoms with E-state index in [4.69, 9.17) is 18.9 Å². The molecule has 3 rings (SSSR count). The molecule has 0 bridgehead atoms. The Morgan fingerprint density at radius 3 is 1.86 bits per heavy atom. The van der Waals surface area contributed by atoms with Crippen LogP contribution in [-0.2, 0) is 4.79 Å². The maximum atomic E-state index is 11.8. The predicted molar refractivity (Wildman–Crippen MR) is 138 cm³/mol. The number of hydrogen-bond acceptors (Lipinski definition) is 7. The maximum absolute atomic E-state index is 11.8. The molecule has 0 heterocycles. The van der Waals surface area contributed by atoms with Gasteiger partial charge in [0.15, 0.2) is 5.75 Å². The summed E-state index contributed by atoms with van der Waals surface area (Å²) in [4.78, 5) is 21.9. The number of benzene rings is 3. The molecule has 0 amide bonds. The van der Waals surface area contributed by atoms with Crippen molar-refractivity contribution >= 4 is 22.4 Å². The Balaban J connectivity index is 0.000000341. The number of carbonyl (C=O) groups excluding carboxylic acids is 1. The van der Waals surface area contributed by atoms with E-state index in [1.54, 1.807) is 20.1 Å². The third kappa shape index (κ3) is 7.20.